The zero-order valence-corrected chi connectivity index (χ0v) is 11.2. The molecule has 0 heterocycles. The molecule has 0 spiro atoms. The maximum absolute atomic E-state index is 11.7. The largest absolute Gasteiger partial charge is 0.382 e. The average Bonchev–Trinajstić information content (AvgIpc) is 2.31. The number of hydrogen-bond donors (Lipinski definition) is 1. The van der Waals surface area contributed by atoms with Crippen molar-refractivity contribution >= 4 is 10.1 Å². The van der Waals surface area contributed by atoms with Crippen LogP contribution in [0.15, 0.2) is 30.3 Å². The Bertz CT molecular complexity index is 413. The molecule has 0 atom stereocenters. The summed E-state index contributed by atoms with van der Waals surface area (Å²) in [4.78, 5) is 1.25. The summed E-state index contributed by atoms with van der Waals surface area (Å²) < 4.78 is 28.4. The fourth-order valence-corrected chi connectivity index (χ4v) is 2.56. The molecular formula is C12H20NO3S+. The third-order valence-electron chi connectivity index (χ3n) is 2.67. The van der Waals surface area contributed by atoms with E-state index in [2.05, 4.69) is 0 Å². The summed E-state index contributed by atoms with van der Waals surface area (Å²) in [6.07, 6.45) is 0. The minimum Gasteiger partial charge on any atom is -0.382 e. The molecule has 1 rings (SSSR count). The molecule has 0 aliphatic heterocycles. The molecule has 0 unspecified atom stereocenters. The number of para-hydroxylation sites is 1. The number of quaternary nitrogens is 1. The summed E-state index contributed by atoms with van der Waals surface area (Å²) in [7, 11) is -3.47. The lowest BCUT2D eigenvalue weighted by Crippen LogP contribution is -3.12. The first-order valence-corrected chi connectivity index (χ1v) is 7.46. The van der Waals surface area contributed by atoms with E-state index in [9.17, 15) is 8.42 Å². The van der Waals surface area contributed by atoms with E-state index in [1.165, 1.54) is 4.90 Å². The van der Waals surface area contributed by atoms with E-state index in [1.807, 2.05) is 19.9 Å². The predicted octanol–water partition coefficient (Wildman–Crippen LogP) is 0.320. The second-order valence-electron chi connectivity index (χ2n) is 3.87. The third kappa shape index (κ3) is 5.19. The van der Waals surface area contributed by atoms with Crippen LogP contribution in [0.4, 0.5) is 0 Å². The zero-order chi connectivity index (χ0) is 12.7. The lowest BCUT2D eigenvalue weighted by Gasteiger charge is -2.15. The Labute approximate surface area is 103 Å². The molecule has 0 bridgehead atoms. The van der Waals surface area contributed by atoms with Gasteiger partial charge in [-0.05, 0) is 26.0 Å². The van der Waals surface area contributed by atoms with Crippen LogP contribution in [0.1, 0.15) is 13.8 Å². The van der Waals surface area contributed by atoms with Gasteiger partial charge >= 0.3 is 10.1 Å². The van der Waals surface area contributed by atoms with E-state index in [0.717, 1.165) is 13.1 Å². The SMILES string of the molecule is CC[NH+](CC)CCS(=O)(=O)Oc1ccccc1. The van der Waals surface area contributed by atoms with Crippen LogP contribution in [-0.2, 0) is 10.1 Å². The maximum atomic E-state index is 11.7. The van der Waals surface area contributed by atoms with Gasteiger partial charge < -0.3 is 9.08 Å². The van der Waals surface area contributed by atoms with Gasteiger partial charge in [-0.1, -0.05) is 18.2 Å². The van der Waals surface area contributed by atoms with Crippen LogP contribution in [0.2, 0.25) is 0 Å². The van der Waals surface area contributed by atoms with Crippen molar-refractivity contribution in [1.29, 1.82) is 0 Å². The van der Waals surface area contributed by atoms with Crippen molar-refractivity contribution in [2.24, 2.45) is 0 Å². The Morgan fingerprint density at radius 2 is 1.71 bits per heavy atom. The smallest absolute Gasteiger partial charge is 0.314 e. The lowest BCUT2D eigenvalue weighted by molar-refractivity contribution is -0.893. The minimum absolute atomic E-state index is 0.0545. The van der Waals surface area contributed by atoms with Crippen LogP contribution in [0.25, 0.3) is 0 Å². The summed E-state index contributed by atoms with van der Waals surface area (Å²) in [5.74, 6) is 0.431. The zero-order valence-electron chi connectivity index (χ0n) is 10.3. The Kier molecular flexibility index (Phi) is 5.44. The van der Waals surface area contributed by atoms with Crippen LogP contribution in [0.3, 0.4) is 0 Å². The van der Waals surface area contributed by atoms with Gasteiger partial charge in [-0.15, -0.1) is 0 Å². The Hall–Kier alpha value is -1.07. The van der Waals surface area contributed by atoms with Gasteiger partial charge in [-0.25, -0.2) is 0 Å². The first kappa shape index (κ1) is 14.0. The first-order chi connectivity index (χ1) is 8.07. The van der Waals surface area contributed by atoms with Crippen LogP contribution in [-0.4, -0.2) is 33.8 Å². The molecular weight excluding hydrogens is 238 g/mol. The highest BCUT2D eigenvalue weighted by Crippen LogP contribution is 2.11. The second-order valence-corrected chi connectivity index (χ2v) is 5.56. The number of benzene rings is 1. The van der Waals surface area contributed by atoms with Gasteiger partial charge in [0.05, 0.1) is 19.6 Å². The van der Waals surface area contributed by atoms with Gasteiger partial charge in [0.2, 0.25) is 0 Å². The van der Waals surface area contributed by atoms with Gasteiger partial charge in [-0.2, -0.15) is 8.42 Å². The molecule has 0 radical (unpaired) electrons. The highest BCUT2D eigenvalue weighted by molar-refractivity contribution is 7.87. The van der Waals surface area contributed by atoms with Crippen LogP contribution in [0, 0.1) is 0 Å². The highest BCUT2D eigenvalue weighted by atomic mass is 32.2. The molecule has 1 N–H and O–H groups in total. The third-order valence-corrected chi connectivity index (χ3v) is 3.82. The molecule has 0 fully saturated rings. The van der Waals surface area contributed by atoms with Crippen molar-refractivity contribution in [3.05, 3.63) is 30.3 Å². The van der Waals surface area contributed by atoms with Crippen molar-refractivity contribution in [2.45, 2.75) is 13.8 Å². The average molecular weight is 258 g/mol. The van der Waals surface area contributed by atoms with E-state index >= 15 is 0 Å². The second kappa shape index (κ2) is 6.61. The maximum Gasteiger partial charge on any atom is 0.314 e. The molecule has 0 saturated carbocycles. The molecule has 17 heavy (non-hydrogen) atoms. The Balaban J connectivity index is 2.52. The van der Waals surface area contributed by atoms with Gasteiger partial charge in [-0.3, -0.25) is 0 Å². The van der Waals surface area contributed by atoms with Gasteiger partial charge in [0.25, 0.3) is 0 Å². The van der Waals surface area contributed by atoms with Crippen molar-refractivity contribution < 1.29 is 17.5 Å². The quantitative estimate of drug-likeness (QED) is 0.717. The molecule has 0 aliphatic carbocycles. The number of hydrogen-bond acceptors (Lipinski definition) is 3. The van der Waals surface area contributed by atoms with Crippen molar-refractivity contribution in [3.8, 4) is 5.75 Å². The summed E-state index contributed by atoms with van der Waals surface area (Å²) in [5.41, 5.74) is 0. The summed E-state index contributed by atoms with van der Waals surface area (Å²) in [5, 5.41) is 0. The van der Waals surface area contributed by atoms with Gasteiger partial charge in [0.15, 0.2) is 0 Å². The fraction of sp³-hybridized carbons (Fsp3) is 0.500. The molecule has 1 aromatic carbocycles. The molecule has 0 saturated heterocycles. The Morgan fingerprint density at radius 1 is 1.12 bits per heavy atom. The highest BCUT2D eigenvalue weighted by Gasteiger charge is 2.16. The molecule has 4 nitrogen and oxygen atoms in total. The minimum atomic E-state index is -3.47. The fourth-order valence-electron chi connectivity index (χ4n) is 1.54. The molecule has 0 amide bonds. The molecule has 0 aliphatic rings. The first-order valence-electron chi connectivity index (χ1n) is 5.88. The van der Waals surface area contributed by atoms with E-state index in [1.54, 1.807) is 24.3 Å². The van der Waals surface area contributed by atoms with Crippen LogP contribution in [0.5, 0.6) is 5.75 Å². The van der Waals surface area contributed by atoms with Crippen molar-refractivity contribution in [2.75, 3.05) is 25.4 Å². The lowest BCUT2D eigenvalue weighted by atomic mass is 10.3. The monoisotopic (exact) mass is 258 g/mol. The number of nitrogens with one attached hydrogen (secondary N) is 1. The summed E-state index contributed by atoms with van der Waals surface area (Å²) >= 11 is 0. The molecule has 1 aromatic rings. The topological polar surface area (TPSA) is 47.8 Å². The van der Waals surface area contributed by atoms with E-state index in [4.69, 9.17) is 4.18 Å². The van der Waals surface area contributed by atoms with Gasteiger partial charge in [0, 0.05) is 0 Å². The standard InChI is InChI=1S/C12H19NO3S/c1-3-13(4-2)10-11-17(14,15)16-12-8-6-5-7-9-12/h5-9H,3-4,10-11H2,1-2H3/p+1. The molecule has 96 valence electrons. The Morgan fingerprint density at radius 3 is 2.24 bits per heavy atom. The molecule has 0 aromatic heterocycles. The molecule has 5 heteroatoms. The van der Waals surface area contributed by atoms with Crippen LogP contribution >= 0.6 is 0 Å². The van der Waals surface area contributed by atoms with E-state index in [0.29, 0.717) is 12.3 Å². The normalized spacial score (nSPS) is 11.7. The number of rotatable bonds is 7. The summed E-state index contributed by atoms with van der Waals surface area (Å²) in [6.45, 7) is 6.53. The van der Waals surface area contributed by atoms with E-state index in [-0.39, 0.29) is 5.75 Å². The van der Waals surface area contributed by atoms with Crippen molar-refractivity contribution in [1.82, 2.24) is 0 Å². The predicted molar refractivity (Wildman–Crippen MR) is 67.8 cm³/mol. The summed E-state index contributed by atoms with van der Waals surface area (Å²) in [6, 6.07) is 8.60. The van der Waals surface area contributed by atoms with E-state index < -0.39 is 10.1 Å². The van der Waals surface area contributed by atoms with Crippen molar-refractivity contribution in [3.63, 3.8) is 0 Å². The van der Waals surface area contributed by atoms with Gasteiger partial charge in [0.1, 0.15) is 11.5 Å². The van der Waals surface area contributed by atoms with Crippen LogP contribution < -0.4 is 9.08 Å².